The average Bonchev–Trinajstić information content (AvgIpc) is 2.19. The second-order valence-corrected chi connectivity index (χ2v) is 3.91. The van der Waals surface area contributed by atoms with Crippen molar-refractivity contribution in [1.29, 1.82) is 0 Å². The number of carbonyl (C=O) groups excluding carboxylic acids is 1. The first-order valence-electron chi connectivity index (χ1n) is 4.07. The normalized spacial score (nSPS) is 11.3. The average molecular weight is 317 g/mol. The van der Waals surface area contributed by atoms with Crippen LogP contribution in [0.3, 0.4) is 0 Å². The lowest BCUT2D eigenvalue weighted by molar-refractivity contribution is -0.138. The molecule has 0 spiro atoms. The topological polar surface area (TPSA) is 29.1 Å². The molecule has 0 aliphatic rings. The lowest BCUT2D eigenvalue weighted by Gasteiger charge is -2.12. The SMILES string of the molecule is O=C(CCl)Nc1cccc(C(F)(F)F)c1Br. The molecule has 1 aromatic carbocycles. The van der Waals surface area contributed by atoms with Gasteiger partial charge in [0.1, 0.15) is 5.88 Å². The van der Waals surface area contributed by atoms with Gasteiger partial charge < -0.3 is 5.32 Å². The van der Waals surface area contributed by atoms with Gasteiger partial charge in [-0.15, -0.1) is 11.6 Å². The van der Waals surface area contributed by atoms with Crippen LogP contribution in [-0.4, -0.2) is 11.8 Å². The molecule has 0 saturated carbocycles. The molecule has 1 amide bonds. The van der Waals surface area contributed by atoms with Crippen molar-refractivity contribution in [2.24, 2.45) is 0 Å². The molecule has 1 rings (SSSR count). The van der Waals surface area contributed by atoms with Gasteiger partial charge in [-0.1, -0.05) is 6.07 Å². The first kappa shape index (κ1) is 13.3. The van der Waals surface area contributed by atoms with Crippen molar-refractivity contribution < 1.29 is 18.0 Å². The maximum atomic E-state index is 12.5. The predicted molar refractivity (Wildman–Crippen MR) is 58.5 cm³/mol. The fourth-order valence-corrected chi connectivity index (χ4v) is 1.69. The van der Waals surface area contributed by atoms with Crippen LogP contribution in [0.15, 0.2) is 22.7 Å². The van der Waals surface area contributed by atoms with Gasteiger partial charge in [0.2, 0.25) is 5.91 Å². The fraction of sp³-hybridized carbons (Fsp3) is 0.222. The van der Waals surface area contributed by atoms with E-state index in [1.807, 2.05) is 0 Å². The Morgan fingerprint density at radius 2 is 2.06 bits per heavy atom. The molecule has 16 heavy (non-hydrogen) atoms. The van der Waals surface area contributed by atoms with Gasteiger partial charge in [0.25, 0.3) is 0 Å². The number of anilines is 1. The number of hydrogen-bond acceptors (Lipinski definition) is 1. The Balaban J connectivity index is 3.09. The zero-order chi connectivity index (χ0) is 12.3. The highest BCUT2D eigenvalue weighted by Gasteiger charge is 2.33. The Morgan fingerprint density at radius 3 is 2.56 bits per heavy atom. The summed E-state index contributed by atoms with van der Waals surface area (Å²) in [7, 11) is 0. The van der Waals surface area contributed by atoms with E-state index in [4.69, 9.17) is 11.6 Å². The van der Waals surface area contributed by atoms with Crippen LogP contribution in [0.1, 0.15) is 5.56 Å². The van der Waals surface area contributed by atoms with E-state index in [2.05, 4.69) is 21.2 Å². The first-order chi connectivity index (χ1) is 7.36. The van der Waals surface area contributed by atoms with Crippen molar-refractivity contribution >= 4 is 39.1 Å². The van der Waals surface area contributed by atoms with Crippen LogP contribution in [0.2, 0.25) is 0 Å². The maximum Gasteiger partial charge on any atom is 0.417 e. The minimum atomic E-state index is -4.47. The Morgan fingerprint density at radius 1 is 1.44 bits per heavy atom. The number of hydrogen-bond donors (Lipinski definition) is 1. The third kappa shape index (κ3) is 3.12. The highest BCUT2D eigenvalue weighted by molar-refractivity contribution is 9.10. The Kier molecular flexibility index (Phi) is 4.21. The lowest BCUT2D eigenvalue weighted by Crippen LogP contribution is -2.14. The van der Waals surface area contributed by atoms with Gasteiger partial charge in [0.05, 0.1) is 15.7 Å². The number of rotatable bonds is 2. The predicted octanol–water partition coefficient (Wildman–Crippen LogP) is 3.65. The van der Waals surface area contributed by atoms with Gasteiger partial charge in [0, 0.05) is 0 Å². The zero-order valence-electron chi connectivity index (χ0n) is 7.74. The van der Waals surface area contributed by atoms with E-state index in [1.54, 1.807) is 0 Å². The molecule has 2 nitrogen and oxygen atoms in total. The van der Waals surface area contributed by atoms with Crippen LogP contribution in [0.4, 0.5) is 18.9 Å². The van der Waals surface area contributed by atoms with Crippen molar-refractivity contribution in [3.63, 3.8) is 0 Å². The van der Waals surface area contributed by atoms with Crippen molar-refractivity contribution in [3.8, 4) is 0 Å². The molecule has 0 aromatic heterocycles. The summed E-state index contributed by atoms with van der Waals surface area (Å²) in [4.78, 5) is 10.9. The monoisotopic (exact) mass is 315 g/mol. The molecule has 0 aliphatic carbocycles. The number of alkyl halides is 4. The van der Waals surface area contributed by atoms with Crippen LogP contribution in [0.5, 0.6) is 0 Å². The Labute approximate surface area is 103 Å². The molecular formula is C9H6BrClF3NO. The molecule has 7 heteroatoms. The van der Waals surface area contributed by atoms with E-state index in [0.717, 1.165) is 6.07 Å². The lowest BCUT2D eigenvalue weighted by atomic mass is 10.2. The molecule has 0 aliphatic heterocycles. The number of carbonyl (C=O) groups is 1. The summed E-state index contributed by atoms with van der Waals surface area (Å²) in [5, 5.41) is 2.25. The van der Waals surface area contributed by atoms with Crippen molar-refractivity contribution in [1.82, 2.24) is 0 Å². The first-order valence-corrected chi connectivity index (χ1v) is 5.40. The van der Waals surface area contributed by atoms with Gasteiger partial charge in [0.15, 0.2) is 0 Å². The molecule has 1 aromatic rings. The Hall–Kier alpha value is -0.750. The second kappa shape index (κ2) is 5.05. The van der Waals surface area contributed by atoms with Gasteiger partial charge in [-0.05, 0) is 28.1 Å². The van der Waals surface area contributed by atoms with Gasteiger partial charge in [-0.25, -0.2) is 0 Å². The van der Waals surface area contributed by atoms with Gasteiger partial charge >= 0.3 is 6.18 Å². The van der Waals surface area contributed by atoms with E-state index in [0.29, 0.717) is 0 Å². The summed E-state index contributed by atoms with van der Waals surface area (Å²) in [6.07, 6.45) is -4.47. The van der Waals surface area contributed by atoms with Crippen LogP contribution in [0, 0.1) is 0 Å². The highest BCUT2D eigenvalue weighted by Crippen LogP contribution is 2.38. The molecule has 0 fully saturated rings. The molecule has 0 heterocycles. The number of benzene rings is 1. The summed E-state index contributed by atoms with van der Waals surface area (Å²) in [6.45, 7) is 0. The quantitative estimate of drug-likeness (QED) is 0.829. The van der Waals surface area contributed by atoms with E-state index in [9.17, 15) is 18.0 Å². The van der Waals surface area contributed by atoms with E-state index < -0.39 is 17.6 Å². The molecular weight excluding hydrogens is 310 g/mol. The van der Waals surface area contributed by atoms with E-state index in [1.165, 1.54) is 12.1 Å². The molecule has 1 N–H and O–H groups in total. The number of nitrogens with one attached hydrogen (secondary N) is 1. The number of amides is 1. The summed E-state index contributed by atoms with van der Waals surface area (Å²) in [5.74, 6) is -0.885. The fourth-order valence-electron chi connectivity index (χ4n) is 1.03. The second-order valence-electron chi connectivity index (χ2n) is 2.85. The highest BCUT2D eigenvalue weighted by atomic mass is 79.9. The van der Waals surface area contributed by atoms with Gasteiger partial charge in [-0.2, -0.15) is 13.2 Å². The smallest absolute Gasteiger partial charge is 0.324 e. The van der Waals surface area contributed by atoms with Crippen LogP contribution in [-0.2, 0) is 11.0 Å². The largest absolute Gasteiger partial charge is 0.417 e. The minimum Gasteiger partial charge on any atom is -0.324 e. The molecule has 88 valence electrons. The standard InChI is InChI=1S/C9H6BrClF3NO/c10-8-5(9(12,13)14)2-1-3-6(8)15-7(16)4-11/h1-3H,4H2,(H,15,16). The van der Waals surface area contributed by atoms with Gasteiger partial charge in [-0.3, -0.25) is 4.79 Å². The molecule has 0 atom stereocenters. The molecule has 0 radical (unpaired) electrons. The van der Waals surface area contributed by atoms with Crippen molar-refractivity contribution in [3.05, 3.63) is 28.2 Å². The van der Waals surface area contributed by atoms with E-state index >= 15 is 0 Å². The summed E-state index contributed by atoms with van der Waals surface area (Å²) >= 11 is 8.03. The van der Waals surface area contributed by atoms with Crippen molar-refractivity contribution in [2.45, 2.75) is 6.18 Å². The molecule has 0 unspecified atom stereocenters. The Bertz CT molecular complexity index is 408. The zero-order valence-corrected chi connectivity index (χ0v) is 10.1. The molecule has 0 bridgehead atoms. The third-order valence-corrected chi connectivity index (χ3v) is 2.80. The van der Waals surface area contributed by atoms with E-state index in [-0.39, 0.29) is 16.0 Å². The number of halogens is 5. The summed E-state index contributed by atoms with van der Waals surface area (Å²) < 4.78 is 37.2. The summed E-state index contributed by atoms with van der Waals surface area (Å²) in [5.41, 5.74) is -0.805. The summed E-state index contributed by atoms with van der Waals surface area (Å²) in [6, 6.07) is 3.47. The third-order valence-electron chi connectivity index (χ3n) is 1.70. The minimum absolute atomic E-state index is 0.0421. The van der Waals surface area contributed by atoms with Crippen LogP contribution < -0.4 is 5.32 Å². The van der Waals surface area contributed by atoms with Crippen LogP contribution >= 0.6 is 27.5 Å². The maximum absolute atomic E-state index is 12.5. The van der Waals surface area contributed by atoms with Crippen molar-refractivity contribution in [2.75, 3.05) is 11.2 Å². The molecule has 0 saturated heterocycles. The van der Waals surface area contributed by atoms with Crippen LogP contribution in [0.25, 0.3) is 0 Å².